The Balaban J connectivity index is 0.000000235. The van der Waals surface area contributed by atoms with Gasteiger partial charge in [0, 0.05) is 12.8 Å². The number of hydrogen-bond donors (Lipinski definition) is 2. The molecule has 21 heavy (non-hydrogen) atoms. The van der Waals surface area contributed by atoms with E-state index < -0.39 is 5.97 Å². The Morgan fingerprint density at radius 1 is 1.05 bits per heavy atom. The maximum atomic E-state index is 10.6. The molecule has 0 heterocycles. The fraction of sp³-hybridized carbons (Fsp3) is 0.647. The Morgan fingerprint density at radius 2 is 1.52 bits per heavy atom. The number of allylic oxidation sites excluding steroid dienone is 2. The molecule has 3 N–H and O–H groups in total. The summed E-state index contributed by atoms with van der Waals surface area (Å²) in [6, 6.07) is 0. The molecule has 2 aliphatic carbocycles. The van der Waals surface area contributed by atoms with E-state index in [9.17, 15) is 9.59 Å². The molecule has 0 bridgehead atoms. The second kappa shape index (κ2) is 8.13. The minimum atomic E-state index is -0.738. The van der Waals surface area contributed by atoms with E-state index in [1.54, 1.807) is 0 Å². The summed E-state index contributed by atoms with van der Waals surface area (Å²) in [5.74, 6) is -0.338. The van der Waals surface area contributed by atoms with Crippen LogP contribution < -0.4 is 5.73 Å². The third-order valence-electron chi connectivity index (χ3n) is 4.49. The van der Waals surface area contributed by atoms with Gasteiger partial charge in [-0.3, -0.25) is 9.59 Å². The Bertz CT molecular complexity index is 388. The van der Waals surface area contributed by atoms with Crippen LogP contribution in [0.4, 0.5) is 0 Å². The smallest absolute Gasteiger partial charge is 0.303 e. The van der Waals surface area contributed by atoms with E-state index in [4.69, 9.17) is 10.8 Å². The van der Waals surface area contributed by atoms with Gasteiger partial charge in [-0.1, -0.05) is 24.3 Å². The second-order valence-electron chi connectivity index (χ2n) is 6.31. The van der Waals surface area contributed by atoms with Crippen LogP contribution in [0.2, 0.25) is 0 Å². The lowest BCUT2D eigenvalue weighted by atomic mass is 9.71. The highest BCUT2D eigenvalue weighted by Gasteiger charge is 2.33. The Kier molecular flexibility index (Phi) is 6.82. The number of carboxylic acid groups (broad SMARTS) is 1. The zero-order chi connectivity index (χ0) is 15.9. The van der Waals surface area contributed by atoms with Gasteiger partial charge in [0.25, 0.3) is 0 Å². The third kappa shape index (κ3) is 6.25. The zero-order valence-corrected chi connectivity index (χ0v) is 12.8. The molecule has 2 rings (SSSR count). The summed E-state index contributed by atoms with van der Waals surface area (Å²) < 4.78 is 0. The maximum Gasteiger partial charge on any atom is 0.303 e. The van der Waals surface area contributed by atoms with E-state index in [1.807, 2.05) is 0 Å². The van der Waals surface area contributed by atoms with E-state index in [1.165, 1.54) is 11.1 Å². The first-order valence-electron chi connectivity index (χ1n) is 7.64. The van der Waals surface area contributed by atoms with Crippen molar-refractivity contribution in [1.29, 1.82) is 0 Å². The van der Waals surface area contributed by atoms with Crippen LogP contribution >= 0.6 is 0 Å². The van der Waals surface area contributed by atoms with Gasteiger partial charge >= 0.3 is 5.97 Å². The highest BCUT2D eigenvalue weighted by atomic mass is 16.4. The van der Waals surface area contributed by atoms with Crippen LogP contribution in [0.25, 0.3) is 0 Å². The molecule has 2 fully saturated rings. The lowest BCUT2D eigenvalue weighted by Gasteiger charge is -2.35. The molecule has 2 saturated carbocycles. The van der Waals surface area contributed by atoms with Gasteiger partial charge in [0.1, 0.15) is 5.78 Å². The predicted octanol–water partition coefficient (Wildman–Crippen LogP) is 3.22. The Labute approximate surface area is 127 Å². The molecular weight excluding hydrogens is 266 g/mol. The van der Waals surface area contributed by atoms with Gasteiger partial charge in [0.15, 0.2) is 0 Å². The van der Waals surface area contributed by atoms with Crippen LogP contribution in [0.1, 0.15) is 57.8 Å². The molecule has 0 aromatic rings. The number of carbonyl (C=O) groups is 2. The molecule has 0 atom stereocenters. The first-order valence-corrected chi connectivity index (χ1v) is 7.64. The molecule has 4 nitrogen and oxygen atoms in total. The molecule has 0 aromatic heterocycles. The van der Waals surface area contributed by atoms with Crippen LogP contribution in [-0.2, 0) is 9.59 Å². The topological polar surface area (TPSA) is 80.4 Å². The van der Waals surface area contributed by atoms with E-state index in [0.717, 1.165) is 51.4 Å². The molecule has 0 aromatic carbocycles. The van der Waals surface area contributed by atoms with Gasteiger partial charge in [-0.15, -0.1) is 0 Å². The third-order valence-corrected chi connectivity index (χ3v) is 4.49. The summed E-state index contributed by atoms with van der Waals surface area (Å²) in [4.78, 5) is 21.2. The molecule has 118 valence electrons. The van der Waals surface area contributed by atoms with Crippen LogP contribution in [-0.4, -0.2) is 23.4 Å². The fourth-order valence-corrected chi connectivity index (χ4v) is 2.79. The molecule has 0 radical (unpaired) electrons. The molecule has 0 aliphatic heterocycles. The van der Waals surface area contributed by atoms with Crippen molar-refractivity contribution in [3.05, 3.63) is 24.3 Å². The van der Waals surface area contributed by atoms with Crippen LogP contribution in [0.5, 0.6) is 0 Å². The summed E-state index contributed by atoms with van der Waals surface area (Å²) >= 11 is 0. The van der Waals surface area contributed by atoms with Crippen molar-refractivity contribution in [3.63, 3.8) is 0 Å². The minimum Gasteiger partial charge on any atom is -0.481 e. The van der Waals surface area contributed by atoms with E-state index >= 15 is 0 Å². The highest BCUT2D eigenvalue weighted by molar-refractivity contribution is 5.79. The number of ketones is 1. The highest BCUT2D eigenvalue weighted by Crippen LogP contribution is 2.39. The number of aliphatic carboxylic acids is 1. The molecular formula is C17H27NO3. The lowest BCUT2D eigenvalue weighted by Crippen LogP contribution is -2.35. The molecule has 2 aliphatic rings. The van der Waals surface area contributed by atoms with Crippen molar-refractivity contribution in [3.8, 4) is 0 Å². The summed E-state index contributed by atoms with van der Waals surface area (Å²) in [6.45, 7) is 8.18. The summed E-state index contributed by atoms with van der Waals surface area (Å²) in [7, 11) is 0. The number of Topliss-reactive ketones (excluding diaryl/α,β-unsaturated/α-hetero) is 1. The second-order valence-corrected chi connectivity index (χ2v) is 6.31. The van der Waals surface area contributed by atoms with Gasteiger partial charge in [-0.25, -0.2) is 0 Å². The number of carboxylic acids is 1. The van der Waals surface area contributed by atoms with Crippen LogP contribution in [0, 0.1) is 5.41 Å². The van der Waals surface area contributed by atoms with Crippen molar-refractivity contribution in [1.82, 2.24) is 0 Å². The van der Waals surface area contributed by atoms with Crippen molar-refractivity contribution in [2.75, 3.05) is 6.54 Å². The van der Waals surface area contributed by atoms with Gasteiger partial charge in [-0.05, 0) is 50.5 Å². The predicted molar refractivity (Wildman–Crippen MR) is 84.0 cm³/mol. The molecule has 0 amide bonds. The standard InChI is InChI=1S/C10H17NO2.C7H10O/c1-8-2-4-10(7-11,5-3-8)6-9(12)13;1-6-2-4-7(8)5-3-6/h1-7,11H2,(H,12,13);1-5H2. The summed E-state index contributed by atoms with van der Waals surface area (Å²) in [6.07, 6.45) is 7.17. The fourth-order valence-electron chi connectivity index (χ4n) is 2.79. The Hall–Kier alpha value is -1.42. The van der Waals surface area contributed by atoms with E-state index in [-0.39, 0.29) is 11.8 Å². The van der Waals surface area contributed by atoms with Gasteiger partial charge in [-0.2, -0.15) is 0 Å². The average Bonchev–Trinajstić information content (AvgIpc) is 2.45. The first-order chi connectivity index (χ1) is 9.87. The first kappa shape index (κ1) is 17.6. The Morgan fingerprint density at radius 3 is 1.90 bits per heavy atom. The number of rotatable bonds is 3. The van der Waals surface area contributed by atoms with Crippen molar-refractivity contribution in [2.24, 2.45) is 11.1 Å². The lowest BCUT2D eigenvalue weighted by molar-refractivity contribution is -0.140. The summed E-state index contributed by atoms with van der Waals surface area (Å²) in [5, 5.41) is 8.75. The summed E-state index contributed by atoms with van der Waals surface area (Å²) in [5.41, 5.74) is 7.95. The zero-order valence-electron chi connectivity index (χ0n) is 12.8. The van der Waals surface area contributed by atoms with Gasteiger partial charge < -0.3 is 10.8 Å². The maximum absolute atomic E-state index is 10.6. The van der Waals surface area contributed by atoms with Crippen molar-refractivity contribution in [2.45, 2.75) is 57.8 Å². The monoisotopic (exact) mass is 293 g/mol. The normalized spacial score (nSPS) is 21.5. The largest absolute Gasteiger partial charge is 0.481 e. The average molecular weight is 293 g/mol. The van der Waals surface area contributed by atoms with E-state index in [2.05, 4.69) is 13.2 Å². The SMILES string of the molecule is C=C1CCC(=O)CC1.C=C1CCC(CN)(CC(=O)O)CC1. The molecule has 0 saturated heterocycles. The molecule has 0 unspecified atom stereocenters. The van der Waals surface area contributed by atoms with E-state index in [0.29, 0.717) is 12.3 Å². The molecule has 4 heteroatoms. The van der Waals surface area contributed by atoms with Crippen molar-refractivity contribution >= 4 is 11.8 Å². The minimum absolute atomic E-state index is 0.160. The molecule has 0 spiro atoms. The number of hydrogen-bond acceptors (Lipinski definition) is 3. The number of carbonyl (C=O) groups excluding carboxylic acids is 1. The van der Waals surface area contributed by atoms with Crippen molar-refractivity contribution < 1.29 is 14.7 Å². The van der Waals surface area contributed by atoms with Gasteiger partial charge in [0.2, 0.25) is 0 Å². The number of nitrogens with two attached hydrogens (primary N) is 1. The van der Waals surface area contributed by atoms with Gasteiger partial charge in [0.05, 0.1) is 6.42 Å². The quantitative estimate of drug-likeness (QED) is 0.783. The van der Waals surface area contributed by atoms with Crippen LogP contribution in [0.15, 0.2) is 24.3 Å². The van der Waals surface area contributed by atoms with Crippen LogP contribution in [0.3, 0.4) is 0 Å².